The van der Waals surface area contributed by atoms with Crippen molar-refractivity contribution in [2.45, 2.75) is 23.9 Å². The number of hydrogen-bond acceptors (Lipinski definition) is 9. The van der Waals surface area contributed by atoms with Crippen LogP contribution in [0.3, 0.4) is 0 Å². The van der Waals surface area contributed by atoms with E-state index in [-0.39, 0.29) is 16.9 Å². The van der Waals surface area contributed by atoms with Gasteiger partial charge in [-0.1, -0.05) is 23.4 Å². The van der Waals surface area contributed by atoms with Crippen molar-refractivity contribution >= 4 is 40.0 Å². The molecule has 7 rings (SSSR count). The second-order valence-corrected chi connectivity index (χ2v) is 12.9. The van der Waals surface area contributed by atoms with Gasteiger partial charge in [-0.05, 0) is 37.3 Å². The van der Waals surface area contributed by atoms with Crippen molar-refractivity contribution in [1.82, 2.24) is 29.9 Å². The average molecular weight is 624 g/mol. The molecule has 5 aromatic rings. The number of H-pyrrole nitrogens is 1. The molecule has 1 N–H and O–H groups in total. The highest BCUT2D eigenvalue weighted by Crippen LogP contribution is 2.42. The summed E-state index contributed by atoms with van der Waals surface area (Å²) in [6.07, 6.45) is 1.77. The molecule has 0 spiro atoms. The van der Waals surface area contributed by atoms with Crippen molar-refractivity contribution in [3.05, 3.63) is 63.5 Å². The van der Waals surface area contributed by atoms with Gasteiger partial charge in [0.25, 0.3) is 0 Å². The normalized spacial score (nSPS) is 17.8. The van der Waals surface area contributed by atoms with E-state index < -0.39 is 5.82 Å². The maximum atomic E-state index is 15.8. The van der Waals surface area contributed by atoms with Crippen LogP contribution in [-0.4, -0.2) is 81.3 Å². The summed E-state index contributed by atoms with van der Waals surface area (Å²) in [7, 11) is 4.35. The summed E-state index contributed by atoms with van der Waals surface area (Å²) >= 11 is 7.25. The first-order valence-electron chi connectivity index (χ1n) is 13.9. The Morgan fingerprint density at radius 1 is 1.19 bits per heavy atom. The number of rotatable bonds is 6. The number of nitrogens with one attached hydrogen (secondary N) is 1. The molecule has 5 heterocycles. The highest BCUT2D eigenvalue weighted by atomic mass is 35.5. The Hall–Kier alpha value is -3.94. The zero-order valence-electron chi connectivity index (χ0n) is 23.8. The summed E-state index contributed by atoms with van der Waals surface area (Å²) in [6, 6.07) is 8.39. The largest absolute Gasteiger partial charge is 0.487 e. The third-order valence-electron chi connectivity index (χ3n) is 8.01. The fourth-order valence-electron chi connectivity index (χ4n) is 5.48. The summed E-state index contributed by atoms with van der Waals surface area (Å²) in [6.45, 7) is 5.55. The van der Waals surface area contributed by atoms with Crippen LogP contribution in [-0.2, 0) is 5.75 Å². The molecule has 222 valence electrons. The molecule has 2 aliphatic rings. The number of piperazine rings is 1. The molecule has 2 aliphatic heterocycles. The first kappa shape index (κ1) is 27.9. The topological polar surface area (TPSA) is 115 Å². The predicted molar refractivity (Wildman–Crippen MR) is 162 cm³/mol. The van der Waals surface area contributed by atoms with Gasteiger partial charge in [-0.15, -0.1) is 15.3 Å². The number of benzene rings is 2. The Balaban J connectivity index is 1.18. The number of ether oxygens (including phenoxy) is 1. The molecule has 0 unspecified atom stereocenters. The van der Waals surface area contributed by atoms with Gasteiger partial charge in [0.05, 0.1) is 68.5 Å². The van der Waals surface area contributed by atoms with Crippen LogP contribution < -0.4 is 15.1 Å². The van der Waals surface area contributed by atoms with E-state index >= 15 is 4.39 Å². The van der Waals surface area contributed by atoms with E-state index in [4.69, 9.17) is 20.8 Å². The minimum absolute atomic E-state index is 0.0752. The fraction of sp³-hybridized carbons (Fsp3) is 0.345. The third-order valence-corrected chi connectivity index (χ3v) is 9.10. The molecule has 2 aromatic carbocycles. The zero-order valence-corrected chi connectivity index (χ0v) is 25.4. The molecule has 1 atom stereocenters. The van der Waals surface area contributed by atoms with E-state index in [0.29, 0.717) is 75.8 Å². The summed E-state index contributed by atoms with van der Waals surface area (Å²) in [5.41, 5.74) is 1.76. The predicted octanol–water partition coefficient (Wildman–Crippen LogP) is 4.77. The molecule has 1 fully saturated rings. The second kappa shape index (κ2) is 10.6. The number of pyridine rings is 1. The standard InChI is InChI=1S/C29H29ClFN8O3S/c1-16-14-41-26-23-19(12-21(31)24(26)37-8-10-39(2,3)11-9-37)25(40)20(13-38(16)23)27-32-29(36-34-27)43-15-22-33-35-28(42-22)17-4-6-18(30)7-5-17/h4-7,12-13,16H,8-11,14-15H2,1-3H3,(H,32,34,36)/q+1/t16-/m0/s1. The number of aromatic amines is 1. The molecular weight excluding hydrogens is 595 g/mol. The van der Waals surface area contributed by atoms with Gasteiger partial charge in [-0.25, -0.2) is 9.37 Å². The lowest BCUT2D eigenvalue weighted by Crippen LogP contribution is -2.55. The Bertz CT molecular complexity index is 1890. The van der Waals surface area contributed by atoms with Gasteiger partial charge in [-0.3, -0.25) is 9.89 Å². The average Bonchev–Trinajstić information content (AvgIpc) is 3.66. The van der Waals surface area contributed by atoms with E-state index in [9.17, 15) is 4.79 Å². The van der Waals surface area contributed by atoms with Crippen LogP contribution in [0.25, 0.3) is 33.7 Å². The number of aromatic nitrogens is 6. The third kappa shape index (κ3) is 5.15. The summed E-state index contributed by atoms with van der Waals surface area (Å²) in [4.78, 5) is 20.3. The molecule has 43 heavy (non-hydrogen) atoms. The number of thioether (sulfide) groups is 1. The molecule has 3 aromatic heterocycles. The van der Waals surface area contributed by atoms with Crippen molar-refractivity contribution in [1.29, 1.82) is 0 Å². The highest BCUT2D eigenvalue weighted by Gasteiger charge is 2.33. The van der Waals surface area contributed by atoms with Crippen molar-refractivity contribution in [2.75, 3.05) is 51.8 Å². The van der Waals surface area contributed by atoms with Crippen LogP contribution in [0.2, 0.25) is 5.02 Å². The number of nitrogens with zero attached hydrogens (tertiary/aromatic N) is 7. The first-order chi connectivity index (χ1) is 20.7. The number of quaternary nitrogens is 1. The van der Waals surface area contributed by atoms with Gasteiger partial charge < -0.3 is 23.1 Å². The minimum Gasteiger partial charge on any atom is -0.487 e. The molecule has 14 heteroatoms. The molecule has 0 amide bonds. The quantitative estimate of drug-likeness (QED) is 0.211. The first-order valence-corrected chi connectivity index (χ1v) is 15.3. The lowest BCUT2D eigenvalue weighted by Gasteiger charge is -2.41. The fourth-order valence-corrected chi connectivity index (χ4v) is 6.25. The number of anilines is 1. The maximum Gasteiger partial charge on any atom is 0.247 e. The summed E-state index contributed by atoms with van der Waals surface area (Å²) < 4.78 is 30.5. The Labute approximate surface area is 255 Å². The van der Waals surface area contributed by atoms with Gasteiger partial charge >= 0.3 is 0 Å². The maximum absolute atomic E-state index is 15.8. The van der Waals surface area contributed by atoms with E-state index in [1.165, 1.54) is 17.8 Å². The minimum atomic E-state index is -0.462. The SMILES string of the molecule is C[C@H]1COc2c(N3CC[N+](C)(C)CC3)c(F)cc3c(=O)c(-c4nc(SCc5nnc(-c6ccc(Cl)cc6)o5)n[nH]4)cn1c23. The van der Waals surface area contributed by atoms with Crippen molar-refractivity contribution < 1.29 is 18.0 Å². The van der Waals surface area contributed by atoms with Crippen LogP contribution in [0.15, 0.2) is 50.9 Å². The molecule has 0 saturated carbocycles. The molecule has 0 bridgehead atoms. The van der Waals surface area contributed by atoms with Crippen LogP contribution in [0.1, 0.15) is 18.9 Å². The molecule has 0 radical (unpaired) electrons. The van der Waals surface area contributed by atoms with Gasteiger partial charge in [0.15, 0.2) is 17.4 Å². The molecule has 1 saturated heterocycles. The lowest BCUT2D eigenvalue weighted by atomic mass is 10.0. The summed E-state index contributed by atoms with van der Waals surface area (Å²) in [5.74, 6) is 1.38. The second-order valence-electron chi connectivity index (χ2n) is 11.5. The van der Waals surface area contributed by atoms with E-state index in [0.717, 1.165) is 23.1 Å². The van der Waals surface area contributed by atoms with E-state index in [1.54, 1.807) is 30.5 Å². The van der Waals surface area contributed by atoms with Gasteiger partial charge in [-0.2, -0.15) is 0 Å². The van der Waals surface area contributed by atoms with Crippen LogP contribution in [0, 0.1) is 5.82 Å². The molecule has 11 nitrogen and oxygen atoms in total. The van der Waals surface area contributed by atoms with E-state index in [2.05, 4.69) is 39.5 Å². The molecule has 0 aliphatic carbocycles. The summed E-state index contributed by atoms with van der Waals surface area (Å²) in [5, 5.41) is 16.6. The van der Waals surface area contributed by atoms with Crippen molar-refractivity contribution in [2.24, 2.45) is 0 Å². The van der Waals surface area contributed by atoms with Gasteiger partial charge in [0.2, 0.25) is 22.4 Å². The van der Waals surface area contributed by atoms with E-state index in [1.807, 2.05) is 16.4 Å². The Morgan fingerprint density at radius 2 is 1.95 bits per heavy atom. The monoisotopic (exact) mass is 623 g/mol. The number of likely N-dealkylation sites (N-methyl/N-ethyl adjacent to an activating group) is 1. The number of halogens is 2. The van der Waals surface area contributed by atoms with Gasteiger partial charge in [0.1, 0.15) is 12.3 Å². The van der Waals surface area contributed by atoms with Crippen molar-refractivity contribution in [3.8, 4) is 28.6 Å². The number of hydrogen-bond donors (Lipinski definition) is 1. The Morgan fingerprint density at radius 3 is 2.72 bits per heavy atom. The highest BCUT2D eigenvalue weighted by molar-refractivity contribution is 7.98. The van der Waals surface area contributed by atoms with Gasteiger partial charge in [0, 0.05) is 16.8 Å². The smallest absolute Gasteiger partial charge is 0.247 e. The van der Waals surface area contributed by atoms with Crippen LogP contribution in [0.4, 0.5) is 10.1 Å². The van der Waals surface area contributed by atoms with Crippen LogP contribution >= 0.6 is 23.4 Å². The van der Waals surface area contributed by atoms with Crippen LogP contribution in [0.5, 0.6) is 5.75 Å². The zero-order chi connectivity index (χ0) is 29.9. The molecular formula is C29H29ClFN8O3S+. The van der Waals surface area contributed by atoms with Crippen molar-refractivity contribution in [3.63, 3.8) is 0 Å². The lowest BCUT2D eigenvalue weighted by molar-refractivity contribution is -0.890. The Kier molecular flexibility index (Phi) is 6.90.